The molecule has 1 atom stereocenters. The van der Waals surface area contributed by atoms with E-state index in [4.69, 9.17) is 5.73 Å². The van der Waals surface area contributed by atoms with E-state index in [2.05, 4.69) is 39.1 Å². The van der Waals surface area contributed by atoms with Crippen molar-refractivity contribution in [2.75, 3.05) is 43.9 Å². The molecule has 2 aromatic rings. The van der Waals surface area contributed by atoms with Crippen molar-refractivity contribution in [1.82, 2.24) is 14.9 Å². The zero-order valence-electron chi connectivity index (χ0n) is 15.7. The van der Waals surface area contributed by atoms with Crippen LogP contribution in [0.5, 0.6) is 0 Å². The van der Waals surface area contributed by atoms with Gasteiger partial charge < -0.3 is 20.6 Å². The maximum absolute atomic E-state index is 10.6. The van der Waals surface area contributed by atoms with Crippen LogP contribution in [0.2, 0.25) is 0 Å². The summed E-state index contributed by atoms with van der Waals surface area (Å²) in [5, 5.41) is 10.6. The minimum absolute atomic E-state index is 0.442. The Morgan fingerprint density at radius 2 is 1.85 bits per heavy atom. The lowest BCUT2D eigenvalue weighted by molar-refractivity contribution is 0.120. The van der Waals surface area contributed by atoms with Crippen LogP contribution in [0, 0.1) is 0 Å². The molecule has 140 valence electrons. The number of nitrogens with zero attached hydrogens (tertiary/aromatic N) is 4. The van der Waals surface area contributed by atoms with Gasteiger partial charge in [0, 0.05) is 45.7 Å². The van der Waals surface area contributed by atoms with Crippen molar-refractivity contribution in [1.29, 1.82) is 0 Å². The molecule has 3 N–H and O–H groups in total. The normalized spacial score (nSPS) is 16.0. The summed E-state index contributed by atoms with van der Waals surface area (Å²) in [4.78, 5) is 13.0. The van der Waals surface area contributed by atoms with Gasteiger partial charge in [0.25, 0.3) is 0 Å². The van der Waals surface area contributed by atoms with Crippen LogP contribution in [-0.2, 0) is 19.3 Å². The Labute approximate surface area is 155 Å². The van der Waals surface area contributed by atoms with Crippen molar-refractivity contribution in [2.45, 2.75) is 32.3 Å². The molecule has 0 bridgehead atoms. The number of rotatable bonds is 6. The van der Waals surface area contributed by atoms with E-state index in [0.717, 1.165) is 44.0 Å². The Bertz CT molecular complexity index is 709. The highest BCUT2D eigenvalue weighted by atomic mass is 16.3. The summed E-state index contributed by atoms with van der Waals surface area (Å²) in [6.07, 6.45) is 2.38. The maximum Gasteiger partial charge on any atom is 0.134 e. The van der Waals surface area contributed by atoms with Crippen LogP contribution in [0.25, 0.3) is 0 Å². The molecule has 0 saturated carbocycles. The Hall–Kier alpha value is -2.18. The van der Waals surface area contributed by atoms with Crippen LogP contribution in [-0.4, -0.2) is 59.3 Å². The quantitative estimate of drug-likeness (QED) is 0.818. The van der Waals surface area contributed by atoms with Gasteiger partial charge in [-0.15, -0.1) is 0 Å². The predicted octanol–water partition coefficient (Wildman–Crippen LogP) is 1.52. The molecular formula is C20H29N5O. The average Bonchev–Trinajstić information content (AvgIpc) is 2.83. The molecule has 0 aliphatic carbocycles. The first-order chi connectivity index (χ1) is 12.5. The second kappa shape index (κ2) is 8.47. The number of likely N-dealkylation sites (N-methyl/N-ethyl adjacent to an activating group) is 1. The van der Waals surface area contributed by atoms with Crippen molar-refractivity contribution in [3.05, 3.63) is 47.3 Å². The first kappa shape index (κ1) is 18.6. The van der Waals surface area contributed by atoms with Gasteiger partial charge in [-0.2, -0.15) is 0 Å². The Morgan fingerprint density at radius 1 is 1.19 bits per heavy atom. The van der Waals surface area contributed by atoms with Crippen LogP contribution in [0.4, 0.5) is 11.6 Å². The van der Waals surface area contributed by atoms with Crippen LogP contribution in [0.15, 0.2) is 30.3 Å². The Kier molecular flexibility index (Phi) is 6.06. The number of β-amino-alcohol motifs (C(OH)–C–C–N with tert-alkyl or cyclic N) is 1. The zero-order valence-corrected chi connectivity index (χ0v) is 15.7. The number of aromatic nitrogens is 2. The summed E-state index contributed by atoms with van der Waals surface area (Å²) >= 11 is 0. The minimum atomic E-state index is -0.442. The van der Waals surface area contributed by atoms with Gasteiger partial charge in [0.15, 0.2) is 0 Å². The van der Waals surface area contributed by atoms with Crippen LogP contribution >= 0.6 is 0 Å². The standard InChI is InChI=1S/C20H29N5O/c1-3-19-22-18(21)12-20(23-19)24(2)13-17(26)14-25-10-8-15-6-4-5-7-16(15)9-11-25/h4-7,12,17,26H,3,8-11,13-14H2,1-2H3,(H2,21,22,23). The van der Waals surface area contributed by atoms with Crippen molar-refractivity contribution < 1.29 is 5.11 Å². The molecule has 0 radical (unpaired) electrons. The number of anilines is 2. The average molecular weight is 355 g/mol. The fourth-order valence-electron chi connectivity index (χ4n) is 3.52. The van der Waals surface area contributed by atoms with Gasteiger partial charge in [-0.25, -0.2) is 9.97 Å². The SMILES string of the molecule is CCc1nc(N)cc(N(C)CC(O)CN2CCc3ccccc3CC2)n1. The smallest absolute Gasteiger partial charge is 0.134 e. The van der Waals surface area contributed by atoms with Gasteiger partial charge in [0.1, 0.15) is 17.5 Å². The minimum Gasteiger partial charge on any atom is -0.390 e. The number of benzene rings is 1. The molecule has 1 aliphatic heterocycles. The monoisotopic (exact) mass is 355 g/mol. The van der Waals surface area contributed by atoms with Gasteiger partial charge in [-0.1, -0.05) is 31.2 Å². The lowest BCUT2D eigenvalue weighted by Gasteiger charge is -2.27. The third-order valence-corrected chi connectivity index (χ3v) is 4.95. The van der Waals surface area contributed by atoms with Gasteiger partial charge in [0.2, 0.25) is 0 Å². The molecule has 1 aromatic carbocycles. The van der Waals surface area contributed by atoms with Gasteiger partial charge in [-0.05, 0) is 24.0 Å². The summed E-state index contributed by atoms with van der Waals surface area (Å²) in [6, 6.07) is 10.4. The van der Waals surface area contributed by atoms with E-state index >= 15 is 0 Å². The molecule has 0 spiro atoms. The van der Waals surface area contributed by atoms with E-state index in [9.17, 15) is 5.11 Å². The third kappa shape index (κ3) is 4.71. The maximum atomic E-state index is 10.6. The number of fused-ring (bicyclic) bond motifs is 1. The summed E-state index contributed by atoms with van der Waals surface area (Å²) in [7, 11) is 1.93. The molecule has 0 amide bonds. The summed E-state index contributed by atoms with van der Waals surface area (Å²) in [5.41, 5.74) is 8.73. The molecule has 0 fully saturated rings. The molecule has 3 rings (SSSR count). The first-order valence-electron chi connectivity index (χ1n) is 9.37. The number of hydrogen-bond donors (Lipinski definition) is 2. The molecule has 6 nitrogen and oxygen atoms in total. The lowest BCUT2D eigenvalue weighted by atomic mass is 10.0. The molecule has 2 heterocycles. The molecule has 26 heavy (non-hydrogen) atoms. The van der Waals surface area contributed by atoms with Crippen molar-refractivity contribution >= 4 is 11.6 Å². The number of aryl methyl sites for hydroxylation is 1. The van der Waals surface area contributed by atoms with Crippen LogP contribution < -0.4 is 10.6 Å². The highest BCUT2D eigenvalue weighted by Crippen LogP contribution is 2.17. The fraction of sp³-hybridized carbons (Fsp3) is 0.500. The van der Waals surface area contributed by atoms with E-state index in [-0.39, 0.29) is 0 Å². The summed E-state index contributed by atoms with van der Waals surface area (Å²) in [5.74, 6) is 1.96. The molecular weight excluding hydrogens is 326 g/mol. The highest BCUT2D eigenvalue weighted by molar-refractivity contribution is 5.46. The van der Waals surface area contributed by atoms with E-state index < -0.39 is 6.10 Å². The summed E-state index contributed by atoms with van der Waals surface area (Å²) in [6.45, 7) is 5.16. The first-order valence-corrected chi connectivity index (χ1v) is 9.37. The number of hydrogen-bond acceptors (Lipinski definition) is 6. The van der Waals surface area contributed by atoms with E-state index in [0.29, 0.717) is 18.9 Å². The van der Waals surface area contributed by atoms with Gasteiger partial charge in [0.05, 0.1) is 6.10 Å². The number of aliphatic hydroxyl groups excluding tert-OH is 1. The van der Waals surface area contributed by atoms with E-state index in [1.165, 1.54) is 11.1 Å². The highest BCUT2D eigenvalue weighted by Gasteiger charge is 2.18. The fourth-order valence-corrected chi connectivity index (χ4v) is 3.52. The van der Waals surface area contributed by atoms with Gasteiger partial charge in [-0.3, -0.25) is 0 Å². The Morgan fingerprint density at radius 3 is 2.46 bits per heavy atom. The predicted molar refractivity (Wildman–Crippen MR) is 105 cm³/mol. The second-order valence-electron chi connectivity index (χ2n) is 7.02. The van der Waals surface area contributed by atoms with Crippen molar-refractivity contribution in [3.63, 3.8) is 0 Å². The van der Waals surface area contributed by atoms with E-state index in [1.54, 1.807) is 6.07 Å². The molecule has 1 aromatic heterocycles. The molecule has 1 unspecified atom stereocenters. The van der Waals surface area contributed by atoms with E-state index in [1.807, 2.05) is 18.9 Å². The third-order valence-electron chi connectivity index (χ3n) is 4.95. The van der Waals surface area contributed by atoms with Crippen LogP contribution in [0.3, 0.4) is 0 Å². The van der Waals surface area contributed by atoms with Crippen molar-refractivity contribution in [2.24, 2.45) is 0 Å². The summed E-state index contributed by atoms with van der Waals surface area (Å²) < 4.78 is 0. The van der Waals surface area contributed by atoms with Crippen molar-refractivity contribution in [3.8, 4) is 0 Å². The van der Waals surface area contributed by atoms with Crippen LogP contribution in [0.1, 0.15) is 23.9 Å². The zero-order chi connectivity index (χ0) is 18.5. The molecule has 6 heteroatoms. The van der Waals surface area contributed by atoms with Gasteiger partial charge >= 0.3 is 0 Å². The topological polar surface area (TPSA) is 78.5 Å². The number of nitrogen functional groups attached to an aromatic ring is 1. The number of nitrogens with two attached hydrogens (primary N) is 1. The largest absolute Gasteiger partial charge is 0.390 e. The Balaban J connectivity index is 1.55. The molecule has 1 aliphatic rings. The second-order valence-corrected chi connectivity index (χ2v) is 7.02. The lowest BCUT2D eigenvalue weighted by Crippen LogP contribution is -2.40. The number of aliphatic hydroxyl groups is 1. The molecule has 0 saturated heterocycles.